The van der Waals surface area contributed by atoms with Crippen LogP contribution in [0.2, 0.25) is 0 Å². The molecule has 1 saturated heterocycles. The van der Waals surface area contributed by atoms with E-state index >= 15 is 0 Å². The van der Waals surface area contributed by atoms with Gasteiger partial charge in [-0.05, 0) is 40.0 Å². The zero-order valence-electron chi connectivity index (χ0n) is 13.3. The maximum Gasteiger partial charge on any atom is 0.0813 e. The summed E-state index contributed by atoms with van der Waals surface area (Å²) >= 11 is 0. The van der Waals surface area contributed by atoms with Crippen LogP contribution in [0.4, 0.5) is 0 Å². The summed E-state index contributed by atoms with van der Waals surface area (Å²) in [6.07, 6.45) is 8.08. The van der Waals surface area contributed by atoms with E-state index in [2.05, 4.69) is 33.0 Å². The van der Waals surface area contributed by atoms with E-state index in [-0.39, 0.29) is 5.54 Å². The molecule has 19 heavy (non-hydrogen) atoms. The van der Waals surface area contributed by atoms with E-state index in [1.807, 2.05) is 0 Å². The quantitative estimate of drug-likeness (QED) is 0.651. The molecule has 1 heterocycles. The molecule has 0 aromatic rings. The Morgan fingerprint density at radius 3 is 2.53 bits per heavy atom. The number of unbranched alkanes of at least 4 members (excludes halogenated alkanes) is 3. The van der Waals surface area contributed by atoms with Crippen LogP contribution in [0.15, 0.2) is 0 Å². The average Bonchev–Trinajstić information content (AvgIpc) is 2.78. The highest BCUT2D eigenvalue weighted by Gasteiger charge is 2.26. The fraction of sp³-hybridized carbons (Fsp3) is 1.00. The van der Waals surface area contributed by atoms with Gasteiger partial charge in [-0.15, -0.1) is 0 Å². The molecule has 0 radical (unpaired) electrons. The van der Waals surface area contributed by atoms with Gasteiger partial charge in [0.15, 0.2) is 0 Å². The van der Waals surface area contributed by atoms with E-state index in [1.54, 1.807) is 0 Å². The van der Waals surface area contributed by atoms with Gasteiger partial charge in [0, 0.05) is 18.7 Å². The Morgan fingerprint density at radius 1 is 1.11 bits per heavy atom. The second-order valence-corrected chi connectivity index (χ2v) is 6.72. The summed E-state index contributed by atoms with van der Waals surface area (Å²) in [4.78, 5) is 0. The van der Waals surface area contributed by atoms with E-state index in [4.69, 9.17) is 9.47 Å². The van der Waals surface area contributed by atoms with Gasteiger partial charge in [0.2, 0.25) is 0 Å². The molecule has 3 heteroatoms. The highest BCUT2D eigenvalue weighted by molar-refractivity contribution is 4.79. The largest absolute Gasteiger partial charge is 0.379 e. The van der Waals surface area contributed by atoms with Gasteiger partial charge in [0.1, 0.15) is 0 Å². The summed E-state index contributed by atoms with van der Waals surface area (Å²) in [5, 5.41) is 3.51. The molecule has 1 rings (SSSR count). The lowest BCUT2D eigenvalue weighted by Crippen LogP contribution is -2.41. The standard InChI is InChI=1S/C16H33NO2/c1-5-6-7-8-11-18-13-15-10-9-14(19-15)12-17-16(2,3)4/h14-15,17H,5-13H2,1-4H3. The van der Waals surface area contributed by atoms with Gasteiger partial charge in [-0.25, -0.2) is 0 Å². The van der Waals surface area contributed by atoms with Crippen LogP contribution < -0.4 is 5.32 Å². The molecule has 0 bridgehead atoms. The molecule has 0 amide bonds. The van der Waals surface area contributed by atoms with Crippen molar-refractivity contribution in [3.05, 3.63) is 0 Å². The summed E-state index contributed by atoms with van der Waals surface area (Å²) < 4.78 is 11.7. The molecule has 0 saturated carbocycles. The van der Waals surface area contributed by atoms with Gasteiger partial charge in [-0.2, -0.15) is 0 Å². The summed E-state index contributed by atoms with van der Waals surface area (Å²) in [6, 6.07) is 0. The molecule has 0 aliphatic carbocycles. The first kappa shape index (κ1) is 16.9. The van der Waals surface area contributed by atoms with Crippen LogP contribution in [0.25, 0.3) is 0 Å². The lowest BCUT2D eigenvalue weighted by molar-refractivity contribution is -0.0163. The van der Waals surface area contributed by atoms with Crippen molar-refractivity contribution in [2.75, 3.05) is 19.8 Å². The van der Waals surface area contributed by atoms with E-state index in [1.165, 1.54) is 25.7 Å². The molecular formula is C16H33NO2. The van der Waals surface area contributed by atoms with Gasteiger partial charge < -0.3 is 14.8 Å². The fourth-order valence-electron chi connectivity index (χ4n) is 2.32. The molecule has 2 unspecified atom stereocenters. The van der Waals surface area contributed by atoms with Crippen molar-refractivity contribution >= 4 is 0 Å². The Kier molecular flexibility index (Phi) is 7.96. The smallest absolute Gasteiger partial charge is 0.0813 e. The lowest BCUT2D eigenvalue weighted by Gasteiger charge is -2.23. The lowest BCUT2D eigenvalue weighted by atomic mass is 10.1. The van der Waals surface area contributed by atoms with E-state index < -0.39 is 0 Å². The number of hydrogen-bond donors (Lipinski definition) is 1. The maximum atomic E-state index is 6.00. The van der Waals surface area contributed by atoms with Crippen LogP contribution in [0.3, 0.4) is 0 Å². The topological polar surface area (TPSA) is 30.5 Å². The van der Waals surface area contributed by atoms with Crippen molar-refractivity contribution in [3.8, 4) is 0 Å². The average molecular weight is 271 g/mol. The molecule has 114 valence electrons. The highest BCUT2D eigenvalue weighted by Crippen LogP contribution is 2.20. The maximum absolute atomic E-state index is 6.00. The van der Waals surface area contributed by atoms with Crippen LogP contribution in [0.5, 0.6) is 0 Å². The second-order valence-electron chi connectivity index (χ2n) is 6.72. The minimum Gasteiger partial charge on any atom is -0.379 e. The minimum atomic E-state index is 0.178. The van der Waals surface area contributed by atoms with Crippen molar-refractivity contribution < 1.29 is 9.47 Å². The van der Waals surface area contributed by atoms with Crippen molar-refractivity contribution in [2.45, 2.75) is 84.0 Å². The van der Waals surface area contributed by atoms with Crippen molar-refractivity contribution in [1.82, 2.24) is 5.32 Å². The molecule has 0 aromatic heterocycles. The molecule has 2 atom stereocenters. The Hall–Kier alpha value is -0.120. The molecular weight excluding hydrogens is 238 g/mol. The summed E-state index contributed by atoms with van der Waals surface area (Å²) in [6.45, 7) is 11.4. The van der Waals surface area contributed by atoms with E-state index in [9.17, 15) is 0 Å². The molecule has 1 fully saturated rings. The number of nitrogens with one attached hydrogen (secondary N) is 1. The SMILES string of the molecule is CCCCCCOCC1CCC(CNC(C)(C)C)O1. The zero-order chi connectivity index (χ0) is 14.1. The van der Waals surface area contributed by atoms with Crippen LogP contribution in [-0.2, 0) is 9.47 Å². The predicted octanol–water partition coefficient (Wildman–Crippen LogP) is 3.52. The summed E-state index contributed by atoms with van der Waals surface area (Å²) in [7, 11) is 0. The van der Waals surface area contributed by atoms with Crippen molar-refractivity contribution in [2.24, 2.45) is 0 Å². The fourth-order valence-corrected chi connectivity index (χ4v) is 2.32. The predicted molar refractivity (Wildman–Crippen MR) is 80.6 cm³/mol. The van der Waals surface area contributed by atoms with Gasteiger partial charge in [-0.1, -0.05) is 26.2 Å². The highest BCUT2D eigenvalue weighted by atomic mass is 16.5. The molecule has 1 N–H and O–H groups in total. The minimum absolute atomic E-state index is 0.178. The zero-order valence-corrected chi connectivity index (χ0v) is 13.3. The molecule has 1 aliphatic heterocycles. The summed E-state index contributed by atoms with van der Waals surface area (Å²) in [5.41, 5.74) is 0.178. The van der Waals surface area contributed by atoms with Crippen LogP contribution in [0, 0.1) is 0 Å². The number of rotatable bonds is 9. The monoisotopic (exact) mass is 271 g/mol. The first-order valence-corrected chi connectivity index (χ1v) is 7.99. The van der Waals surface area contributed by atoms with Crippen LogP contribution in [-0.4, -0.2) is 37.5 Å². The normalized spacial score (nSPS) is 24.0. The van der Waals surface area contributed by atoms with Gasteiger partial charge >= 0.3 is 0 Å². The van der Waals surface area contributed by atoms with Crippen molar-refractivity contribution in [3.63, 3.8) is 0 Å². The van der Waals surface area contributed by atoms with Gasteiger partial charge in [-0.3, -0.25) is 0 Å². The first-order valence-electron chi connectivity index (χ1n) is 7.99. The number of ether oxygens (including phenoxy) is 2. The molecule has 1 aliphatic rings. The van der Waals surface area contributed by atoms with Crippen LogP contribution >= 0.6 is 0 Å². The Balaban J connectivity index is 1.99. The Labute approximate surface area is 119 Å². The Morgan fingerprint density at radius 2 is 1.84 bits per heavy atom. The second kappa shape index (κ2) is 8.93. The molecule has 3 nitrogen and oxygen atoms in total. The first-order chi connectivity index (χ1) is 9.01. The van der Waals surface area contributed by atoms with Gasteiger partial charge in [0.25, 0.3) is 0 Å². The van der Waals surface area contributed by atoms with E-state index in [0.717, 1.165) is 32.6 Å². The van der Waals surface area contributed by atoms with Gasteiger partial charge in [0.05, 0.1) is 18.8 Å². The van der Waals surface area contributed by atoms with Crippen molar-refractivity contribution in [1.29, 1.82) is 0 Å². The third kappa shape index (κ3) is 8.61. The third-order valence-corrected chi connectivity index (χ3v) is 3.50. The summed E-state index contributed by atoms with van der Waals surface area (Å²) in [5.74, 6) is 0. The Bertz CT molecular complexity index is 225. The van der Waals surface area contributed by atoms with Crippen LogP contribution in [0.1, 0.15) is 66.2 Å². The van der Waals surface area contributed by atoms with E-state index in [0.29, 0.717) is 12.2 Å². The number of hydrogen-bond acceptors (Lipinski definition) is 3. The molecule has 0 aromatic carbocycles. The third-order valence-electron chi connectivity index (χ3n) is 3.50. The molecule has 0 spiro atoms.